The quantitative estimate of drug-likeness (QED) is 0.546. The van der Waals surface area contributed by atoms with Crippen molar-refractivity contribution in [3.63, 3.8) is 0 Å². The van der Waals surface area contributed by atoms with Gasteiger partial charge in [-0.1, -0.05) is 5.16 Å². The van der Waals surface area contributed by atoms with E-state index in [4.69, 9.17) is 14.0 Å². The van der Waals surface area contributed by atoms with Gasteiger partial charge in [-0.3, -0.25) is 0 Å². The Morgan fingerprint density at radius 2 is 1.72 bits per heavy atom. The minimum Gasteiger partial charge on any atom is -0.497 e. The van der Waals surface area contributed by atoms with Gasteiger partial charge in [-0.15, -0.1) is 0 Å². The van der Waals surface area contributed by atoms with Crippen LogP contribution in [0, 0.1) is 0 Å². The predicted octanol–water partition coefficient (Wildman–Crippen LogP) is 2.96. The second-order valence-corrected chi connectivity index (χ2v) is 8.45. The summed E-state index contributed by atoms with van der Waals surface area (Å²) in [5.41, 5.74) is 1.51. The summed E-state index contributed by atoms with van der Waals surface area (Å²) in [4.78, 5) is 12.3. The third-order valence-corrected chi connectivity index (χ3v) is 5.98. The van der Waals surface area contributed by atoms with Gasteiger partial charge in [0, 0.05) is 25.7 Å². The molecule has 0 fully saturated rings. The predicted molar refractivity (Wildman–Crippen MR) is 105 cm³/mol. The van der Waals surface area contributed by atoms with Crippen LogP contribution in [0.15, 0.2) is 64.0 Å². The average Bonchev–Trinajstić information content (AvgIpc) is 3.21. The van der Waals surface area contributed by atoms with Crippen LogP contribution in [-0.4, -0.2) is 45.1 Å². The van der Waals surface area contributed by atoms with E-state index in [1.54, 1.807) is 25.3 Å². The number of benzene rings is 2. The second kappa shape index (κ2) is 8.46. The van der Waals surface area contributed by atoms with E-state index in [1.807, 2.05) is 12.1 Å². The molecule has 0 saturated carbocycles. The molecule has 0 spiro atoms. The maximum Gasteiger partial charge on any atom is 0.338 e. The Bertz CT molecular complexity index is 1090. The van der Waals surface area contributed by atoms with E-state index in [-0.39, 0.29) is 17.1 Å². The Labute approximate surface area is 168 Å². The first kappa shape index (κ1) is 20.6. The zero-order chi connectivity index (χ0) is 21.0. The number of hydrogen-bond acceptors (Lipinski definition) is 7. The minimum atomic E-state index is -3.55. The summed E-state index contributed by atoms with van der Waals surface area (Å²) in [5, 5.41) is 3.90. The maximum atomic E-state index is 12.2. The van der Waals surface area contributed by atoms with Crippen LogP contribution in [0.4, 0.5) is 0 Å². The number of carbonyl (C=O) groups is 1. The topological polar surface area (TPSA) is 98.9 Å². The third kappa shape index (κ3) is 4.64. The number of hydrogen-bond donors (Lipinski definition) is 0. The molecule has 0 radical (unpaired) electrons. The molecule has 0 aliphatic heterocycles. The lowest BCUT2D eigenvalue weighted by atomic mass is 10.1. The van der Waals surface area contributed by atoms with Crippen LogP contribution in [0.3, 0.4) is 0 Å². The highest BCUT2D eigenvalue weighted by molar-refractivity contribution is 7.89. The minimum absolute atomic E-state index is 0.0732. The van der Waals surface area contributed by atoms with E-state index < -0.39 is 16.0 Å². The normalized spacial score (nSPS) is 11.4. The molecule has 0 aliphatic carbocycles. The Morgan fingerprint density at radius 1 is 1.07 bits per heavy atom. The molecule has 29 heavy (non-hydrogen) atoms. The zero-order valence-electron chi connectivity index (χ0n) is 16.2. The first-order valence-electron chi connectivity index (χ1n) is 8.61. The molecule has 2 aromatic carbocycles. The van der Waals surface area contributed by atoms with E-state index in [9.17, 15) is 13.2 Å². The van der Waals surface area contributed by atoms with Crippen LogP contribution in [0.2, 0.25) is 0 Å². The molecule has 8 nitrogen and oxygen atoms in total. The van der Waals surface area contributed by atoms with Crippen molar-refractivity contribution < 1.29 is 27.2 Å². The molecular formula is C20H20N2O6S. The molecule has 0 atom stereocenters. The number of aromatic nitrogens is 1. The summed E-state index contributed by atoms with van der Waals surface area (Å²) in [6, 6.07) is 14.5. The van der Waals surface area contributed by atoms with Crippen molar-refractivity contribution in [1.29, 1.82) is 0 Å². The number of ether oxygens (including phenoxy) is 2. The molecule has 0 N–H and O–H groups in total. The fourth-order valence-electron chi connectivity index (χ4n) is 2.47. The average molecular weight is 416 g/mol. The molecule has 3 aromatic rings. The van der Waals surface area contributed by atoms with Gasteiger partial charge in [-0.05, 0) is 48.5 Å². The van der Waals surface area contributed by atoms with Gasteiger partial charge < -0.3 is 14.0 Å². The summed E-state index contributed by atoms with van der Waals surface area (Å²) in [7, 11) is 0.916. The van der Waals surface area contributed by atoms with Gasteiger partial charge in [0.25, 0.3) is 0 Å². The van der Waals surface area contributed by atoms with E-state index >= 15 is 0 Å². The van der Waals surface area contributed by atoms with Gasteiger partial charge >= 0.3 is 5.97 Å². The van der Waals surface area contributed by atoms with Crippen LogP contribution in [0.25, 0.3) is 11.3 Å². The molecule has 1 heterocycles. The molecule has 0 aliphatic rings. The molecule has 152 valence electrons. The van der Waals surface area contributed by atoms with Crippen molar-refractivity contribution in [3.05, 3.63) is 65.9 Å². The largest absolute Gasteiger partial charge is 0.497 e. The van der Waals surface area contributed by atoms with Gasteiger partial charge in [-0.2, -0.15) is 0 Å². The fraction of sp³-hybridized carbons (Fsp3) is 0.200. The van der Waals surface area contributed by atoms with E-state index in [0.29, 0.717) is 11.5 Å². The summed E-state index contributed by atoms with van der Waals surface area (Å²) in [6.07, 6.45) is 0. The highest BCUT2D eigenvalue weighted by Crippen LogP contribution is 2.23. The Balaban J connectivity index is 1.63. The SMILES string of the molecule is COc1ccc(-c2cc(COC(=O)c3ccc(S(=O)(=O)N(C)C)cc3)no2)cc1. The van der Waals surface area contributed by atoms with Crippen molar-refractivity contribution in [2.24, 2.45) is 0 Å². The Morgan fingerprint density at radius 3 is 2.31 bits per heavy atom. The van der Waals surface area contributed by atoms with Crippen molar-refractivity contribution in [1.82, 2.24) is 9.46 Å². The number of methoxy groups -OCH3 is 1. The Kier molecular flexibility index (Phi) is 6.00. The number of sulfonamides is 1. The first-order valence-corrected chi connectivity index (χ1v) is 10.0. The lowest BCUT2D eigenvalue weighted by Gasteiger charge is -2.11. The van der Waals surface area contributed by atoms with E-state index in [2.05, 4.69) is 5.16 Å². The summed E-state index contributed by atoms with van der Waals surface area (Å²) < 4.78 is 40.9. The van der Waals surface area contributed by atoms with Gasteiger partial charge in [-0.25, -0.2) is 17.5 Å². The van der Waals surface area contributed by atoms with Crippen LogP contribution >= 0.6 is 0 Å². The second-order valence-electron chi connectivity index (χ2n) is 6.30. The number of esters is 1. The summed E-state index contributed by atoms with van der Waals surface area (Å²) in [6.45, 7) is -0.0732. The zero-order valence-corrected chi connectivity index (χ0v) is 17.0. The number of carbonyl (C=O) groups excluding carboxylic acids is 1. The van der Waals surface area contributed by atoms with Crippen LogP contribution in [-0.2, 0) is 21.4 Å². The highest BCUT2D eigenvalue weighted by Gasteiger charge is 2.18. The Hall–Kier alpha value is -3.17. The number of rotatable bonds is 7. The highest BCUT2D eigenvalue weighted by atomic mass is 32.2. The standard InChI is InChI=1S/C20H20N2O6S/c1-22(2)29(24,25)18-10-6-15(7-11-18)20(23)27-13-16-12-19(28-21-16)14-4-8-17(26-3)9-5-14/h4-12H,13H2,1-3H3. The monoisotopic (exact) mass is 416 g/mol. The maximum absolute atomic E-state index is 12.2. The van der Waals surface area contributed by atoms with Gasteiger partial charge in [0.2, 0.25) is 10.0 Å². The lowest BCUT2D eigenvalue weighted by Crippen LogP contribution is -2.22. The molecule has 9 heteroatoms. The molecule has 1 aromatic heterocycles. The van der Waals surface area contributed by atoms with Crippen molar-refractivity contribution in [2.45, 2.75) is 11.5 Å². The lowest BCUT2D eigenvalue weighted by molar-refractivity contribution is 0.0464. The van der Waals surface area contributed by atoms with E-state index in [0.717, 1.165) is 15.6 Å². The van der Waals surface area contributed by atoms with Crippen LogP contribution in [0.1, 0.15) is 16.1 Å². The first-order chi connectivity index (χ1) is 13.8. The van der Waals surface area contributed by atoms with Crippen molar-refractivity contribution >= 4 is 16.0 Å². The fourth-order valence-corrected chi connectivity index (χ4v) is 3.37. The summed E-state index contributed by atoms with van der Waals surface area (Å²) in [5.74, 6) is 0.677. The van der Waals surface area contributed by atoms with Crippen LogP contribution in [0.5, 0.6) is 5.75 Å². The smallest absolute Gasteiger partial charge is 0.338 e. The molecular weight excluding hydrogens is 396 g/mol. The van der Waals surface area contributed by atoms with Gasteiger partial charge in [0.15, 0.2) is 5.76 Å². The molecule has 0 saturated heterocycles. The van der Waals surface area contributed by atoms with Gasteiger partial charge in [0.05, 0.1) is 17.6 Å². The van der Waals surface area contributed by atoms with E-state index in [1.165, 1.54) is 38.4 Å². The molecule has 0 unspecified atom stereocenters. The molecule has 0 bridgehead atoms. The third-order valence-electron chi connectivity index (χ3n) is 4.15. The van der Waals surface area contributed by atoms with Crippen molar-refractivity contribution in [3.8, 4) is 17.1 Å². The van der Waals surface area contributed by atoms with Crippen molar-refractivity contribution in [2.75, 3.05) is 21.2 Å². The molecule has 0 amide bonds. The van der Waals surface area contributed by atoms with Gasteiger partial charge in [0.1, 0.15) is 18.1 Å². The summed E-state index contributed by atoms with van der Waals surface area (Å²) >= 11 is 0. The number of nitrogens with zero attached hydrogens (tertiary/aromatic N) is 2. The molecule has 3 rings (SSSR count). The van der Waals surface area contributed by atoms with Crippen LogP contribution < -0.4 is 4.74 Å².